The smallest absolute Gasteiger partial charge is 0.303 e. The van der Waals surface area contributed by atoms with Gasteiger partial charge >= 0.3 is 7.82 Å². The van der Waals surface area contributed by atoms with Crippen LogP contribution in [0.5, 0.6) is 0 Å². The Kier molecular flexibility index (Phi) is 8.94. The molecule has 0 rings (SSSR count). The van der Waals surface area contributed by atoms with Gasteiger partial charge in [-0.2, -0.15) is 0 Å². The van der Waals surface area contributed by atoms with Crippen molar-refractivity contribution in [1.29, 1.82) is 0 Å². The summed E-state index contributed by atoms with van der Waals surface area (Å²) >= 11 is 5.51. The average molecular weight is 245 g/mol. The first-order valence-corrected chi connectivity index (χ1v) is 6.89. The predicted octanol–water partition coefficient (Wildman–Crippen LogP) is 2.68. The predicted molar refractivity (Wildman–Crippen MR) is 56.4 cm³/mol. The second-order valence-corrected chi connectivity index (χ2v) is 4.75. The molecule has 0 aliphatic heterocycles. The molecule has 6 heteroatoms. The second kappa shape index (κ2) is 8.69. The number of phosphoric acid groups is 1. The summed E-state index contributed by atoms with van der Waals surface area (Å²) in [4.78, 5) is 16.7. The first-order valence-electron chi connectivity index (χ1n) is 4.82. The lowest BCUT2D eigenvalue weighted by Crippen LogP contribution is -1.92. The Morgan fingerprint density at radius 1 is 1.00 bits per heavy atom. The molecular formula is C8H18ClO4P. The molecule has 0 atom stereocenters. The highest BCUT2D eigenvalue weighted by atomic mass is 35.5. The fraction of sp³-hybridized carbons (Fsp3) is 1.00. The molecule has 0 aromatic carbocycles. The standard InChI is InChI=1S/C8H18ClO4P/c9-7-5-3-1-2-4-6-8-13-14(10,11)12/h1-8H2,(H2,10,11,12). The molecule has 4 nitrogen and oxygen atoms in total. The Labute approximate surface area is 89.8 Å². The van der Waals surface area contributed by atoms with Crippen LogP contribution in [0.4, 0.5) is 0 Å². The summed E-state index contributed by atoms with van der Waals surface area (Å²) in [6.07, 6.45) is 6.02. The van der Waals surface area contributed by atoms with Crippen molar-refractivity contribution in [2.45, 2.75) is 38.5 Å². The number of rotatable bonds is 9. The van der Waals surface area contributed by atoms with E-state index in [4.69, 9.17) is 21.4 Å². The summed E-state index contributed by atoms with van der Waals surface area (Å²) in [5, 5.41) is 0. The van der Waals surface area contributed by atoms with Gasteiger partial charge in [0.1, 0.15) is 0 Å². The molecular weight excluding hydrogens is 227 g/mol. The van der Waals surface area contributed by atoms with Crippen molar-refractivity contribution in [2.24, 2.45) is 0 Å². The minimum atomic E-state index is -4.25. The third kappa shape index (κ3) is 12.4. The minimum absolute atomic E-state index is 0.139. The SMILES string of the molecule is O=P(O)(O)OCCCCCCCCCl. The van der Waals surface area contributed by atoms with Gasteiger partial charge in [0.15, 0.2) is 0 Å². The molecule has 0 unspecified atom stereocenters. The van der Waals surface area contributed by atoms with E-state index < -0.39 is 7.82 Å². The summed E-state index contributed by atoms with van der Waals surface area (Å²) in [7, 11) is -4.25. The van der Waals surface area contributed by atoms with E-state index >= 15 is 0 Å². The molecule has 14 heavy (non-hydrogen) atoms. The van der Waals surface area contributed by atoms with Crippen molar-refractivity contribution in [3.63, 3.8) is 0 Å². The first kappa shape index (κ1) is 14.4. The van der Waals surface area contributed by atoms with E-state index in [1.54, 1.807) is 0 Å². The van der Waals surface area contributed by atoms with E-state index in [1.165, 1.54) is 0 Å². The van der Waals surface area contributed by atoms with Gasteiger partial charge in [-0.3, -0.25) is 4.52 Å². The van der Waals surface area contributed by atoms with Crippen LogP contribution >= 0.6 is 19.4 Å². The van der Waals surface area contributed by atoms with Crippen LogP contribution in [0.1, 0.15) is 38.5 Å². The van der Waals surface area contributed by atoms with Crippen LogP contribution in [0.15, 0.2) is 0 Å². The molecule has 0 amide bonds. The normalized spacial score (nSPS) is 11.9. The molecule has 0 saturated carbocycles. The fourth-order valence-electron chi connectivity index (χ4n) is 1.09. The van der Waals surface area contributed by atoms with Crippen LogP contribution in [-0.4, -0.2) is 22.3 Å². The van der Waals surface area contributed by atoms with E-state index in [2.05, 4.69) is 4.52 Å². The maximum absolute atomic E-state index is 10.3. The molecule has 86 valence electrons. The highest BCUT2D eigenvalue weighted by Gasteiger charge is 2.12. The number of alkyl halides is 1. The third-order valence-electron chi connectivity index (χ3n) is 1.79. The average Bonchev–Trinajstić information content (AvgIpc) is 2.08. The summed E-state index contributed by atoms with van der Waals surface area (Å²) in [6.45, 7) is 0.139. The topological polar surface area (TPSA) is 66.8 Å². The van der Waals surface area contributed by atoms with Crippen molar-refractivity contribution in [1.82, 2.24) is 0 Å². The van der Waals surface area contributed by atoms with Crippen molar-refractivity contribution in [2.75, 3.05) is 12.5 Å². The van der Waals surface area contributed by atoms with Crippen molar-refractivity contribution in [3.05, 3.63) is 0 Å². The Balaban J connectivity index is 3.03. The zero-order chi connectivity index (χ0) is 10.9. The molecule has 0 saturated heterocycles. The second-order valence-electron chi connectivity index (χ2n) is 3.13. The van der Waals surface area contributed by atoms with Gasteiger partial charge in [0.2, 0.25) is 0 Å². The number of halogens is 1. The van der Waals surface area contributed by atoms with E-state index in [0.29, 0.717) is 12.3 Å². The van der Waals surface area contributed by atoms with E-state index in [9.17, 15) is 4.57 Å². The molecule has 0 fully saturated rings. The minimum Gasteiger partial charge on any atom is -0.303 e. The number of hydrogen-bond donors (Lipinski definition) is 2. The van der Waals surface area contributed by atoms with Crippen LogP contribution in [0, 0.1) is 0 Å². The lowest BCUT2D eigenvalue weighted by Gasteiger charge is -2.04. The quantitative estimate of drug-likeness (QED) is 0.372. The van der Waals surface area contributed by atoms with Crippen LogP contribution < -0.4 is 0 Å². The fourth-order valence-corrected chi connectivity index (χ4v) is 1.64. The van der Waals surface area contributed by atoms with Gasteiger partial charge in [-0.25, -0.2) is 4.57 Å². The first-order chi connectivity index (χ1) is 6.56. The van der Waals surface area contributed by atoms with Gasteiger partial charge in [-0.1, -0.05) is 25.7 Å². The molecule has 0 aromatic heterocycles. The molecule has 0 heterocycles. The molecule has 0 aromatic rings. The Hall–Kier alpha value is 0.400. The van der Waals surface area contributed by atoms with Crippen molar-refractivity contribution < 1.29 is 18.9 Å². The maximum Gasteiger partial charge on any atom is 0.469 e. The Bertz CT molecular complexity index is 171. The van der Waals surface area contributed by atoms with Gasteiger partial charge < -0.3 is 9.79 Å². The summed E-state index contributed by atoms with van der Waals surface area (Å²) in [6, 6.07) is 0. The number of unbranched alkanes of at least 4 members (excludes halogenated alkanes) is 5. The van der Waals surface area contributed by atoms with E-state index in [0.717, 1.165) is 32.1 Å². The monoisotopic (exact) mass is 244 g/mol. The molecule has 0 aliphatic carbocycles. The van der Waals surface area contributed by atoms with Crippen LogP contribution in [0.3, 0.4) is 0 Å². The number of phosphoric ester groups is 1. The zero-order valence-electron chi connectivity index (χ0n) is 8.19. The Morgan fingerprint density at radius 2 is 1.50 bits per heavy atom. The zero-order valence-corrected chi connectivity index (χ0v) is 9.84. The highest BCUT2D eigenvalue weighted by Crippen LogP contribution is 2.35. The van der Waals surface area contributed by atoms with E-state index in [1.807, 2.05) is 0 Å². The van der Waals surface area contributed by atoms with Crippen molar-refractivity contribution >= 4 is 19.4 Å². The van der Waals surface area contributed by atoms with Crippen LogP contribution in [-0.2, 0) is 9.09 Å². The van der Waals surface area contributed by atoms with E-state index in [-0.39, 0.29) is 6.61 Å². The van der Waals surface area contributed by atoms with Gasteiger partial charge in [0, 0.05) is 5.88 Å². The third-order valence-corrected chi connectivity index (χ3v) is 2.57. The lowest BCUT2D eigenvalue weighted by atomic mass is 10.1. The van der Waals surface area contributed by atoms with Crippen LogP contribution in [0.2, 0.25) is 0 Å². The number of hydrogen-bond acceptors (Lipinski definition) is 2. The summed E-state index contributed by atoms with van der Waals surface area (Å²) < 4.78 is 14.6. The lowest BCUT2D eigenvalue weighted by molar-refractivity contribution is 0.193. The largest absolute Gasteiger partial charge is 0.469 e. The van der Waals surface area contributed by atoms with Crippen LogP contribution in [0.25, 0.3) is 0 Å². The van der Waals surface area contributed by atoms with Gasteiger partial charge in [-0.05, 0) is 12.8 Å². The van der Waals surface area contributed by atoms with Gasteiger partial charge in [0.25, 0.3) is 0 Å². The Morgan fingerprint density at radius 3 is 2.00 bits per heavy atom. The molecule has 0 aliphatic rings. The molecule has 2 N–H and O–H groups in total. The summed E-state index contributed by atoms with van der Waals surface area (Å²) in [5.74, 6) is 0.710. The molecule has 0 spiro atoms. The molecule has 0 bridgehead atoms. The summed E-state index contributed by atoms with van der Waals surface area (Å²) in [5.41, 5.74) is 0. The van der Waals surface area contributed by atoms with Gasteiger partial charge in [-0.15, -0.1) is 11.6 Å². The van der Waals surface area contributed by atoms with Crippen molar-refractivity contribution in [3.8, 4) is 0 Å². The maximum atomic E-state index is 10.3. The van der Waals surface area contributed by atoms with Gasteiger partial charge in [0.05, 0.1) is 6.61 Å². The highest BCUT2D eigenvalue weighted by molar-refractivity contribution is 7.46. The molecule has 0 radical (unpaired) electrons.